The summed E-state index contributed by atoms with van der Waals surface area (Å²) >= 11 is 5.11. The van der Waals surface area contributed by atoms with E-state index in [9.17, 15) is 4.79 Å². The van der Waals surface area contributed by atoms with Crippen LogP contribution in [-0.2, 0) is 0 Å². The minimum absolute atomic E-state index is 0.217. The van der Waals surface area contributed by atoms with Crippen LogP contribution in [0.4, 0.5) is 5.69 Å². The molecule has 0 heterocycles. The number of carbonyl (C=O) groups is 1. The van der Waals surface area contributed by atoms with Gasteiger partial charge in [-0.1, -0.05) is 30.3 Å². The average molecular weight is 270 g/mol. The molecule has 0 aliphatic rings. The summed E-state index contributed by atoms with van der Waals surface area (Å²) in [6.07, 6.45) is 0. The summed E-state index contributed by atoms with van der Waals surface area (Å²) in [4.78, 5) is 11.9. The Kier molecular flexibility index (Phi) is 4.26. The maximum Gasteiger partial charge on any atom is 0.257 e. The van der Waals surface area contributed by atoms with Crippen LogP contribution in [0.1, 0.15) is 15.9 Å². The van der Waals surface area contributed by atoms with Crippen molar-refractivity contribution in [2.75, 3.05) is 5.32 Å². The third kappa shape index (κ3) is 3.89. The highest BCUT2D eigenvalue weighted by atomic mass is 32.1. The second kappa shape index (κ2) is 6.11. The number of rotatable bonds is 2. The maximum absolute atomic E-state index is 11.9. The molecule has 0 aromatic heterocycles. The van der Waals surface area contributed by atoms with Gasteiger partial charge in [0, 0.05) is 11.3 Å². The predicted molar refractivity (Wildman–Crippen MR) is 81.3 cm³/mol. The van der Waals surface area contributed by atoms with Gasteiger partial charge in [-0.05, 0) is 49.0 Å². The summed E-state index contributed by atoms with van der Waals surface area (Å²) < 4.78 is 0. The van der Waals surface area contributed by atoms with Crippen LogP contribution in [0.15, 0.2) is 54.6 Å². The van der Waals surface area contributed by atoms with Crippen LogP contribution in [0.25, 0.3) is 0 Å². The third-order valence-corrected chi connectivity index (χ3v) is 2.74. The van der Waals surface area contributed by atoms with Crippen LogP contribution < -0.4 is 10.6 Å². The molecular formula is C15H14N2OS. The Bertz CT molecular complexity index is 596. The quantitative estimate of drug-likeness (QED) is 0.824. The second-order valence-corrected chi connectivity index (χ2v) is 4.55. The summed E-state index contributed by atoms with van der Waals surface area (Å²) in [5, 5.41) is 5.92. The van der Waals surface area contributed by atoms with Crippen molar-refractivity contribution in [1.29, 1.82) is 0 Å². The number of carbonyl (C=O) groups excluding carboxylic acids is 1. The molecule has 19 heavy (non-hydrogen) atoms. The van der Waals surface area contributed by atoms with E-state index in [1.807, 2.05) is 49.4 Å². The van der Waals surface area contributed by atoms with Crippen molar-refractivity contribution in [2.24, 2.45) is 0 Å². The lowest BCUT2D eigenvalue weighted by Crippen LogP contribution is -2.34. The number of thiocarbonyl (C=S) groups is 1. The summed E-state index contributed by atoms with van der Waals surface area (Å²) in [7, 11) is 0. The Labute approximate surface area is 117 Å². The molecule has 4 heteroatoms. The zero-order valence-electron chi connectivity index (χ0n) is 10.5. The number of hydrogen-bond donors (Lipinski definition) is 2. The first-order valence-corrected chi connectivity index (χ1v) is 6.30. The highest BCUT2D eigenvalue weighted by molar-refractivity contribution is 7.80. The van der Waals surface area contributed by atoms with E-state index in [1.54, 1.807) is 12.1 Å². The lowest BCUT2D eigenvalue weighted by Gasteiger charge is -2.09. The molecule has 0 saturated carbocycles. The molecule has 96 valence electrons. The molecule has 0 aliphatic heterocycles. The highest BCUT2D eigenvalue weighted by Gasteiger charge is 2.06. The van der Waals surface area contributed by atoms with Crippen LogP contribution in [0, 0.1) is 6.92 Å². The van der Waals surface area contributed by atoms with Gasteiger partial charge in [0.05, 0.1) is 0 Å². The minimum Gasteiger partial charge on any atom is -0.332 e. The number of aryl methyl sites for hydroxylation is 1. The van der Waals surface area contributed by atoms with E-state index >= 15 is 0 Å². The van der Waals surface area contributed by atoms with Gasteiger partial charge in [0.2, 0.25) is 0 Å². The van der Waals surface area contributed by atoms with E-state index in [-0.39, 0.29) is 5.91 Å². The molecule has 0 unspecified atom stereocenters. The van der Waals surface area contributed by atoms with Crippen molar-refractivity contribution in [2.45, 2.75) is 6.92 Å². The SMILES string of the molecule is Cc1cccc(NC(=S)NC(=O)c2ccccc2)c1. The zero-order valence-corrected chi connectivity index (χ0v) is 11.3. The Morgan fingerprint density at radius 3 is 2.47 bits per heavy atom. The van der Waals surface area contributed by atoms with Gasteiger partial charge in [-0.25, -0.2) is 0 Å². The van der Waals surface area contributed by atoms with E-state index < -0.39 is 0 Å². The largest absolute Gasteiger partial charge is 0.332 e. The van der Waals surface area contributed by atoms with E-state index in [4.69, 9.17) is 12.2 Å². The number of benzene rings is 2. The molecule has 2 N–H and O–H groups in total. The molecular weight excluding hydrogens is 256 g/mol. The summed E-state index contributed by atoms with van der Waals surface area (Å²) in [5.74, 6) is -0.217. The van der Waals surface area contributed by atoms with Crippen molar-refractivity contribution in [3.05, 3.63) is 65.7 Å². The van der Waals surface area contributed by atoms with Crippen LogP contribution >= 0.6 is 12.2 Å². The first-order chi connectivity index (χ1) is 9.15. The van der Waals surface area contributed by atoms with Crippen molar-refractivity contribution in [1.82, 2.24) is 5.32 Å². The molecule has 0 saturated heterocycles. The van der Waals surface area contributed by atoms with E-state index in [1.165, 1.54) is 0 Å². The van der Waals surface area contributed by atoms with E-state index in [0.717, 1.165) is 11.3 Å². The van der Waals surface area contributed by atoms with Gasteiger partial charge in [-0.15, -0.1) is 0 Å². The van der Waals surface area contributed by atoms with Gasteiger partial charge in [0.15, 0.2) is 5.11 Å². The number of anilines is 1. The van der Waals surface area contributed by atoms with Crippen molar-refractivity contribution >= 4 is 28.9 Å². The standard InChI is InChI=1S/C15H14N2OS/c1-11-6-5-9-13(10-11)16-15(19)17-14(18)12-7-3-2-4-8-12/h2-10H,1H3,(H2,16,17,18,19). The van der Waals surface area contributed by atoms with Gasteiger partial charge in [0.25, 0.3) is 5.91 Å². The molecule has 0 spiro atoms. The Morgan fingerprint density at radius 1 is 1.05 bits per heavy atom. The topological polar surface area (TPSA) is 41.1 Å². The number of hydrogen-bond acceptors (Lipinski definition) is 2. The maximum atomic E-state index is 11.9. The fraction of sp³-hybridized carbons (Fsp3) is 0.0667. The van der Waals surface area contributed by atoms with Gasteiger partial charge in [-0.3, -0.25) is 10.1 Å². The van der Waals surface area contributed by atoms with Gasteiger partial charge >= 0.3 is 0 Å². The molecule has 2 aromatic carbocycles. The summed E-state index contributed by atoms with van der Waals surface area (Å²) in [5.41, 5.74) is 2.57. The number of amides is 1. The molecule has 2 rings (SSSR count). The molecule has 0 atom stereocenters. The molecule has 0 bridgehead atoms. The first-order valence-electron chi connectivity index (χ1n) is 5.89. The van der Waals surface area contributed by atoms with Crippen molar-refractivity contribution in [3.63, 3.8) is 0 Å². The minimum atomic E-state index is -0.217. The van der Waals surface area contributed by atoms with Crippen LogP contribution in [0.5, 0.6) is 0 Å². The Morgan fingerprint density at radius 2 is 1.79 bits per heavy atom. The van der Waals surface area contributed by atoms with Crippen LogP contribution in [-0.4, -0.2) is 11.0 Å². The van der Waals surface area contributed by atoms with Gasteiger partial charge in [0.1, 0.15) is 0 Å². The first kappa shape index (κ1) is 13.2. The third-order valence-electron chi connectivity index (χ3n) is 2.54. The average Bonchev–Trinajstić information content (AvgIpc) is 2.39. The monoisotopic (exact) mass is 270 g/mol. The smallest absolute Gasteiger partial charge is 0.257 e. The summed E-state index contributed by atoms with van der Waals surface area (Å²) in [6, 6.07) is 16.7. The van der Waals surface area contributed by atoms with Gasteiger partial charge < -0.3 is 5.32 Å². The molecule has 3 nitrogen and oxygen atoms in total. The summed E-state index contributed by atoms with van der Waals surface area (Å²) in [6.45, 7) is 2.00. The van der Waals surface area contributed by atoms with E-state index in [2.05, 4.69) is 10.6 Å². The van der Waals surface area contributed by atoms with Crippen LogP contribution in [0.2, 0.25) is 0 Å². The van der Waals surface area contributed by atoms with Gasteiger partial charge in [-0.2, -0.15) is 0 Å². The second-order valence-electron chi connectivity index (χ2n) is 4.14. The molecule has 2 aromatic rings. The normalized spacial score (nSPS) is 9.74. The molecule has 0 fully saturated rings. The fourth-order valence-corrected chi connectivity index (χ4v) is 1.86. The zero-order chi connectivity index (χ0) is 13.7. The Balaban J connectivity index is 1.97. The van der Waals surface area contributed by atoms with E-state index in [0.29, 0.717) is 10.7 Å². The lowest BCUT2D eigenvalue weighted by molar-refractivity contribution is 0.0978. The fourth-order valence-electron chi connectivity index (χ4n) is 1.65. The van der Waals surface area contributed by atoms with Crippen LogP contribution in [0.3, 0.4) is 0 Å². The molecule has 0 radical (unpaired) electrons. The predicted octanol–water partition coefficient (Wildman–Crippen LogP) is 3.12. The molecule has 0 aliphatic carbocycles. The highest BCUT2D eigenvalue weighted by Crippen LogP contribution is 2.09. The van der Waals surface area contributed by atoms with Crippen molar-refractivity contribution in [3.8, 4) is 0 Å². The van der Waals surface area contributed by atoms with Crippen molar-refractivity contribution < 1.29 is 4.79 Å². The number of nitrogens with one attached hydrogen (secondary N) is 2. The lowest BCUT2D eigenvalue weighted by atomic mass is 10.2. The Hall–Kier alpha value is -2.20. The molecule has 1 amide bonds.